The molecule has 1 aromatic heterocycles. The van der Waals surface area contributed by atoms with Crippen molar-refractivity contribution in [2.24, 2.45) is 0 Å². The molecule has 3 N–H and O–H groups in total. The van der Waals surface area contributed by atoms with Crippen LogP contribution < -0.4 is 5.32 Å². The number of nitrogens with one attached hydrogen (secondary N) is 1. The smallest absolute Gasteiger partial charge is 0.258 e. The zero-order chi connectivity index (χ0) is 13.8. The summed E-state index contributed by atoms with van der Waals surface area (Å²) in [7, 11) is 0. The molecule has 0 atom stereocenters. The van der Waals surface area contributed by atoms with Crippen LogP contribution in [0.25, 0.3) is 0 Å². The molecule has 0 spiro atoms. The van der Waals surface area contributed by atoms with Gasteiger partial charge in [0.05, 0.1) is 0 Å². The molecule has 2 aromatic rings. The van der Waals surface area contributed by atoms with Crippen molar-refractivity contribution in [3.05, 3.63) is 35.5 Å². The number of aryl methyl sites for hydroxylation is 1. The number of carbonyl (C=O) groups excluding carboxylic acids is 1. The number of nitrogens with zero attached hydrogens (tertiary/aromatic N) is 2. The molecule has 7 nitrogen and oxygen atoms in total. The number of aromatic nitrogens is 2. The van der Waals surface area contributed by atoms with Crippen LogP contribution in [0, 0.1) is 6.92 Å². The molecule has 7 heteroatoms. The van der Waals surface area contributed by atoms with Gasteiger partial charge >= 0.3 is 0 Å². The standard InChI is InChI=1S/C12H13N3O4/c1-7-14-10(15-19-7)5-6-13-12(18)11-8(16)3-2-4-9(11)17/h2-4,16-17H,5-6H2,1H3,(H,13,18). The minimum Gasteiger partial charge on any atom is -0.507 e. The molecule has 0 aliphatic carbocycles. The second-order valence-corrected chi connectivity index (χ2v) is 3.91. The Kier molecular flexibility index (Phi) is 3.65. The number of phenols is 2. The monoisotopic (exact) mass is 263 g/mol. The molecule has 2 rings (SSSR count). The number of amides is 1. The van der Waals surface area contributed by atoms with Crippen molar-refractivity contribution in [1.82, 2.24) is 15.5 Å². The molecule has 0 radical (unpaired) electrons. The fourth-order valence-corrected chi connectivity index (χ4v) is 1.58. The molecule has 0 saturated heterocycles. The molecule has 100 valence electrons. The number of carbonyl (C=O) groups is 1. The van der Waals surface area contributed by atoms with Crippen molar-refractivity contribution in [3.63, 3.8) is 0 Å². The molecule has 0 unspecified atom stereocenters. The van der Waals surface area contributed by atoms with Crippen molar-refractivity contribution in [2.75, 3.05) is 6.54 Å². The third-order valence-electron chi connectivity index (χ3n) is 2.45. The van der Waals surface area contributed by atoms with E-state index >= 15 is 0 Å². The minimum absolute atomic E-state index is 0.146. The molecule has 19 heavy (non-hydrogen) atoms. The maximum Gasteiger partial charge on any atom is 0.258 e. The lowest BCUT2D eigenvalue weighted by Gasteiger charge is -2.07. The van der Waals surface area contributed by atoms with Gasteiger partial charge in [-0.1, -0.05) is 11.2 Å². The first-order chi connectivity index (χ1) is 9.08. The number of rotatable bonds is 4. The summed E-state index contributed by atoms with van der Waals surface area (Å²) in [5.74, 6) is -0.157. The third-order valence-corrected chi connectivity index (χ3v) is 2.45. The van der Waals surface area contributed by atoms with Gasteiger partial charge in [0.15, 0.2) is 5.82 Å². The van der Waals surface area contributed by atoms with Crippen LogP contribution in [0.5, 0.6) is 11.5 Å². The van der Waals surface area contributed by atoms with Gasteiger partial charge in [-0.15, -0.1) is 0 Å². The zero-order valence-corrected chi connectivity index (χ0v) is 10.3. The fourth-order valence-electron chi connectivity index (χ4n) is 1.58. The first-order valence-corrected chi connectivity index (χ1v) is 5.66. The highest BCUT2D eigenvalue weighted by Gasteiger charge is 2.15. The Labute approximate surface area is 108 Å². The van der Waals surface area contributed by atoms with E-state index in [4.69, 9.17) is 4.52 Å². The van der Waals surface area contributed by atoms with Crippen LogP contribution in [0.15, 0.2) is 22.7 Å². The summed E-state index contributed by atoms with van der Waals surface area (Å²) in [6.45, 7) is 1.95. The number of hydrogen-bond acceptors (Lipinski definition) is 6. The average Bonchev–Trinajstić information content (AvgIpc) is 2.75. The fraction of sp³-hybridized carbons (Fsp3) is 0.250. The largest absolute Gasteiger partial charge is 0.507 e. The van der Waals surface area contributed by atoms with Crippen LogP contribution in [-0.4, -0.2) is 32.8 Å². The number of phenolic OH excluding ortho intramolecular Hbond substituents is 2. The Balaban J connectivity index is 1.94. The van der Waals surface area contributed by atoms with E-state index in [0.29, 0.717) is 18.1 Å². The first-order valence-electron chi connectivity index (χ1n) is 5.66. The van der Waals surface area contributed by atoms with E-state index < -0.39 is 5.91 Å². The third kappa shape index (κ3) is 3.01. The summed E-state index contributed by atoms with van der Waals surface area (Å²) in [6, 6.07) is 4.11. The Bertz CT molecular complexity index is 574. The molecule has 0 saturated carbocycles. The van der Waals surface area contributed by atoms with Gasteiger partial charge in [0.25, 0.3) is 5.91 Å². The average molecular weight is 263 g/mol. The van der Waals surface area contributed by atoms with E-state index in [1.807, 2.05) is 0 Å². The first kappa shape index (κ1) is 12.9. The van der Waals surface area contributed by atoms with Crippen LogP contribution in [0.2, 0.25) is 0 Å². The molecule has 1 amide bonds. The maximum absolute atomic E-state index is 11.8. The molecule has 0 bridgehead atoms. The van der Waals surface area contributed by atoms with Crippen LogP contribution >= 0.6 is 0 Å². The second-order valence-electron chi connectivity index (χ2n) is 3.91. The van der Waals surface area contributed by atoms with Crippen molar-refractivity contribution in [2.45, 2.75) is 13.3 Å². The van der Waals surface area contributed by atoms with Crippen molar-refractivity contribution >= 4 is 5.91 Å². The normalized spacial score (nSPS) is 10.4. The number of aromatic hydroxyl groups is 2. The van der Waals surface area contributed by atoms with Gasteiger partial charge < -0.3 is 20.1 Å². The Morgan fingerprint density at radius 2 is 2.05 bits per heavy atom. The summed E-state index contributed by atoms with van der Waals surface area (Å²) in [4.78, 5) is 15.8. The zero-order valence-electron chi connectivity index (χ0n) is 10.3. The Morgan fingerprint density at radius 1 is 1.37 bits per heavy atom. The van der Waals surface area contributed by atoms with Gasteiger partial charge in [-0.05, 0) is 12.1 Å². The van der Waals surface area contributed by atoms with Crippen LogP contribution in [0.1, 0.15) is 22.1 Å². The number of benzene rings is 1. The summed E-state index contributed by atoms with van der Waals surface area (Å²) >= 11 is 0. The summed E-state index contributed by atoms with van der Waals surface area (Å²) < 4.78 is 4.79. The molecule has 0 aliphatic rings. The van der Waals surface area contributed by atoms with E-state index in [2.05, 4.69) is 15.5 Å². The summed E-state index contributed by atoms with van der Waals surface area (Å²) in [5, 5.41) is 25.3. The summed E-state index contributed by atoms with van der Waals surface area (Å²) in [5.41, 5.74) is -0.146. The summed E-state index contributed by atoms with van der Waals surface area (Å²) in [6.07, 6.45) is 0.400. The lowest BCUT2D eigenvalue weighted by molar-refractivity contribution is 0.0948. The van der Waals surface area contributed by atoms with Crippen molar-refractivity contribution < 1.29 is 19.5 Å². The highest BCUT2D eigenvalue weighted by atomic mass is 16.5. The van der Waals surface area contributed by atoms with E-state index in [0.717, 1.165) is 0 Å². The topological polar surface area (TPSA) is 108 Å². The highest BCUT2D eigenvalue weighted by Crippen LogP contribution is 2.25. The molecular weight excluding hydrogens is 250 g/mol. The molecule has 1 heterocycles. The van der Waals surface area contributed by atoms with E-state index in [1.54, 1.807) is 6.92 Å². The molecule has 1 aromatic carbocycles. The van der Waals surface area contributed by atoms with Crippen molar-refractivity contribution in [3.8, 4) is 11.5 Å². The SMILES string of the molecule is Cc1nc(CCNC(=O)c2c(O)cccc2O)no1. The van der Waals surface area contributed by atoms with Crippen LogP contribution in [0.3, 0.4) is 0 Å². The van der Waals surface area contributed by atoms with Crippen LogP contribution in [-0.2, 0) is 6.42 Å². The van der Waals surface area contributed by atoms with E-state index in [-0.39, 0.29) is 23.6 Å². The predicted octanol–water partition coefficient (Wildman–Crippen LogP) is 0.762. The maximum atomic E-state index is 11.8. The van der Waals surface area contributed by atoms with Gasteiger partial charge in [-0.25, -0.2) is 0 Å². The van der Waals surface area contributed by atoms with Crippen LogP contribution in [0.4, 0.5) is 0 Å². The lowest BCUT2D eigenvalue weighted by Crippen LogP contribution is -2.26. The van der Waals surface area contributed by atoms with Gasteiger partial charge in [-0.2, -0.15) is 4.98 Å². The molecule has 0 aliphatic heterocycles. The van der Waals surface area contributed by atoms with E-state index in [1.165, 1.54) is 18.2 Å². The minimum atomic E-state index is -0.559. The number of hydrogen-bond donors (Lipinski definition) is 3. The molecular formula is C12H13N3O4. The lowest BCUT2D eigenvalue weighted by atomic mass is 10.1. The predicted molar refractivity (Wildman–Crippen MR) is 64.8 cm³/mol. The Morgan fingerprint density at radius 3 is 2.63 bits per heavy atom. The quantitative estimate of drug-likeness (QED) is 0.751. The van der Waals surface area contributed by atoms with Crippen molar-refractivity contribution in [1.29, 1.82) is 0 Å². The van der Waals surface area contributed by atoms with Gasteiger partial charge in [-0.3, -0.25) is 4.79 Å². The van der Waals surface area contributed by atoms with Gasteiger partial charge in [0.2, 0.25) is 5.89 Å². The highest BCUT2D eigenvalue weighted by molar-refractivity contribution is 5.99. The Hall–Kier alpha value is -2.57. The van der Waals surface area contributed by atoms with Gasteiger partial charge in [0, 0.05) is 19.9 Å². The van der Waals surface area contributed by atoms with Gasteiger partial charge in [0.1, 0.15) is 17.1 Å². The second kappa shape index (κ2) is 5.38. The van der Waals surface area contributed by atoms with E-state index in [9.17, 15) is 15.0 Å². The molecule has 0 fully saturated rings.